The monoisotopic (exact) mass is 582 g/mol. The molecule has 2 unspecified atom stereocenters. The van der Waals surface area contributed by atoms with Crippen LogP contribution in [0.1, 0.15) is 61.1 Å². The lowest BCUT2D eigenvalue weighted by Crippen LogP contribution is -2.53. The van der Waals surface area contributed by atoms with Crippen LogP contribution >= 0.6 is 0 Å². The molecule has 2 aromatic carbocycles. The molecule has 6 atom stereocenters. The smallest absolute Gasteiger partial charge is 0.380 e. The number of fused-ring (bicyclic) bond motifs is 5. The van der Waals surface area contributed by atoms with Gasteiger partial charge < -0.3 is 18.8 Å². The molecule has 3 fully saturated rings. The van der Waals surface area contributed by atoms with Crippen LogP contribution in [0.2, 0.25) is 0 Å². The third-order valence-corrected chi connectivity index (χ3v) is 11.0. The highest BCUT2D eigenvalue weighted by Gasteiger charge is 2.63. The van der Waals surface area contributed by atoms with Gasteiger partial charge in [-0.05, 0) is 95.7 Å². The highest BCUT2D eigenvalue weighted by Crippen LogP contribution is 2.71. The van der Waals surface area contributed by atoms with Crippen LogP contribution in [-0.4, -0.2) is 64.0 Å². The van der Waals surface area contributed by atoms with Gasteiger partial charge in [-0.1, -0.05) is 31.2 Å². The van der Waals surface area contributed by atoms with E-state index in [2.05, 4.69) is 48.7 Å². The Kier molecular flexibility index (Phi) is 7.70. The standard InChI is InChI=1S/C32H42N2O6S/c1-3-32-13-12-23-20-25(40-41(33,36)37)8-9-26(23)30(32)27(21-31(2)28(32)10-11-29(31)35)22-4-6-24(7-5-22)39-19-16-34-14-17-38-18-15-34/h3-9,20,27-30,35H,1,10-19,21H2,2H3,(H2,33,36,37)/t27-,28?,29+,30?,31+,32+/m1/s1. The number of benzene rings is 2. The van der Waals surface area contributed by atoms with Crippen molar-refractivity contribution in [1.29, 1.82) is 0 Å². The van der Waals surface area contributed by atoms with Crippen LogP contribution in [0.4, 0.5) is 0 Å². The van der Waals surface area contributed by atoms with Gasteiger partial charge in [-0.25, -0.2) is 0 Å². The molecule has 6 rings (SSSR count). The van der Waals surface area contributed by atoms with Crippen LogP contribution in [0, 0.1) is 16.7 Å². The Bertz CT molecular complexity index is 1380. The molecule has 0 bridgehead atoms. The van der Waals surface area contributed by atoms with E-state index in [0.29, 0.717) is 12.5 Å². The van der Waals surface area contributed by atoms with E-state index >= 15 is 0 Å². The number of morpholine rings is 1. The Morgan fingerprint density at radius 1 is 1.15 bits per heavy atom. The minimum Gasteiger partial charge on any atom is -0.492 e. The van der Waals surface area contributed by atoms with Gasteiger partial charge in [0.05, 0.1) is 19.3 Å². The molecule has 4 aliphatic rings. The Labute approximate surface area is 243 Å². The molecule has 0 spiro atoms. The van der Waals surface area contributed by atoms with Crippen molar-refractivity contribution in [2.75, 3.05) is 39.5 Å². The number of hydrogen-bond acceptors (Lipinski definition) is 7. The predicted molar refractivity (Wildman–Crippen MR) is 157 cm³/mol. The van der Waals surface area contributed by atoms with E-state index in [9.17, 15) is 13.5 Å². The van der Waals surface area contributed by atoms with Crippen LogP contribution < -0.4 is 14.1 Å². The van der Waals surface area contributed by atoms with Gasteiger partial charge in [-0.15, -0.1) is 6.58 Å². The maximum absolute atomic E-state index is 11.6. The van der Waals surface area contributed by atoms with Crippen LogP contribution in [0.3, 0.4) is 0 Å². The number of ether oxygens (including phenoxy) is 2. The van der Waals surface area contributed by atoms with E-state index in [4.69, 9.17) is 18.8 Å². The number of aryl methyl sites for hydroxylation is 1. The highest BCUT2D eigenvalue weighted by atomic mass is 32.2. The third-order valence-electron chi connectivity index (χ3n) is 10.5. The van der Waals surface area contributed by atoms with E-state index in [1.165, 1.54) is 11.1 Å². The fourth-order valence-corrected chi connectivity index (χ4v) is 9.02. The Morgan fingerprint density at radius 2 is 1.88 bits per heavy atom. The quantitative estimate of drug-likeness (QED) is 0.450. The van der Waals surface area contributed by atoms with E-state index in [0.717, 1.165) is 76.3 Å². The molecule has 3 aliphatic carbocycles. The van der Waals surface area contributed by atoms with Crippen molar-refractivity contribution >= 4 is 10.3 Å². The number of rotatable bonds is 8. The summed E-state index contributed by atoms with van der Waals surface area (Å²) in [7, 11) is -4.11. The molecule has 3 N–H and O–H groups in total. The topological polar surface area (TPSA) is 111 Å². The average molecular weight is 583 g/mol. The molecule has 0 amide bonds. The summed E-state index contributed by atoms with van der Waals surface area (Å²) < 4.78 is 39.8. The molecule has 1 aliphatic heterocycles. The Hall–Kier alpha value is -2.43. The predicted octanol–water partition coefficient (Wildman–Crippen LogP) is 4.15. The highest BCUT2D eigenvalue weighted by molar-refractivity contribution is 7.84. The lowest BCUT2D eigenvalue weighted by Gasteiger charge is -2.60. The van der Waals surface area contributed by atoms with Gasteiger partial charge in [0.25, 0.3) is 0 Å². The zero-order valence-corrected chi connectivity index (χ0v) is 24.7. The summed E-state index contributed by atoms with van der Waals surface area (Å²) in [6, 6.07) is 14.0. The first-order chi connectivity index (χ1) is 19.6. The number of aliphatic hydroxyl groups excluding tert-OH is 1. The number of hydrogen-bond donors (Lipinski definition) is 2. The molecule has 1 saturated heterocycles. The number of allylic oxidation sites excluding steroid dienone is 1. The van der Waals surface area contributed by atoms with E-state index in [-0.39, 0.29) is 34.5 Å². The fourth-order valence-electron chi connectivity index (χ4n) is 8.65. The van der Waals surface area contributed by atoms with Crippen LogP contribution in [-0.2, 0) is 21.5 Å². The number of aliphatic hydroxyl groups is 1. The molecule has 1 heterocycles. The molecular weight excluding hydrogens is 540 g/mol. The molecule has 2 aromatic rings. The minimum absolute atomic E-state index is 0.142. The van der Waals surface area contributed by atoms with Crippen LogP contribution in [0.15, 0.2) is 55.1 Å². The molecule has 0 radical (unpaired) electrons. The van der Waals surface area contributed by atoms with Crippen molar-refractivity contribution in [1.82, 2.24) is 4.90 Å². The van der Waals surface area contributed by atoms with E-state index in [1.54, 1.807) is 6.07 Å². The maximum Gasteiger partial charge on any atom is 0.380 e. The SMILES string of the molecule is C=C[C@@]12CCc3cc(OS(N)(=O)=O)ccc3C1[C@@H](c1ccc(OCCN3CCOCC3)cc1)C[C@@]1(C)C2CC[C@@H]1O. The fraction of sp³-hybridized carbons (Fsp3) is 0.562. The van der Waals surface area contributed by atoms with Gasteiger partial charge in [0.15, 0.2) is 0 Å². The van der Waals surface area contributed by atoms with Gasteiger partial charge in [-0.2, -0.15) is 13.6 Å². The second-order valence-corrected chi connectivity index (χ2v) is 13.7. The summed E-state index contributed by atoms with van der Waals surface area (Å²) in [6.45, 7) is 11.6. The Morgan fingerprint density at radius 3 is 2.59 bits per heavy atom. The summed E-state index contributed by atoms with van der Waals surface area (Å²) in [5.41, 5.74) is 3.12. The molecule has 222 valence electrons. The second kappa shape index (κ2) is 11.0. The van der Waals surface area contributed by atoms with Gasteiger partial charge in [-0.3, -0.25) is 4.90 Å². The van der Waals surface area contributed by atoms with Crippen molar-refractivity contribution in [3.05, 3.63) is 71.8 Å². The first kappa shape index (κ1) is 28.7. The van der Waals surface area contributed by atoms with Gasteiger partial charge in [0.2, 0.25) is 0 Å². The largest absolute Gasteiger partial charge is 0.492 e. The molecule has 9 heteroatoms. The van der Waals surface area contributed by atoms with Gasteiger partial charge in [0.1, 0.15) is 18.1 Å². The molecule has 2 saturated carbocycles. The van der Waals surface area contributed by atoms with Crippen molar-refractivity contribution < 1.29 is 27.2 Å². The van der Waals surface area contributed by atoms with E-state index < -0.39 is 10.3 Å². The summed E-state index contributed by atoms with van der Waals surface area (Å²) >= 11 is 0. The number of nitrogens with zero attached hydrogens (tertiary/aromatic N) is 1. The zero-order valence-electron chi connectivity index (χ0n) is 23.8. The average Bonchev–Trinajstić information content (AvgIpc) is 3.26. The number of nitrogens with two attached hydrogens (primary N) is 1. The van der Waals surface area contributed by atoms with Crippen molar-refractivity contribution in [2.24, 2.45) is 21.9 Å². The second-order valence-electron chi connectivity index (χ2n) is 12.6. The summed E-state index contributed by atoms with van der Waals surface area (Å²) in [6.07, 6.45) is 6.15. The van der Waals surface area contributed by atoms with Gasteiger partial charge in [0, 0.05) is 25.6 Å². The van der Waals surface area contributed by atoms with E-state index in [1.807, 2.05) is 12.1 Å². The first-order valence-electron chi connectivity index (χ1n) is 14.8. The first-order valence-corrected chi connectivity index (χ1v) is 16.3. The molecule has 0 aromatic heterocycles. The summed E-state index contributed by atoms with van der Waals surface area (Å²) in [5.74, 6) is 1.70. The molecular formula is C32H42N2O6S. The van der Waals surface area contributed by atoms with Crippen LogP contribution in [0.25, 0.3) is 0 Å². The van der Waals surface area contributed by atoms with Crippen molar-refractivity contribution in [2.45, 2.75) is 57.0 Å². The van der Waals surface area contributed by atoms with Crippen molar-refractivity contribution in [3.63, 3.8) is 0 Å². The lowest BCUT2D eigenvalue weighted by atomic mass is 9.44. The minimum atomic E-state index is -4.11. The molecule has 41 heavy (non-hydrogen) atoms. The summed E-state index contributed by atoms with van der Waals surface area (Å²) in [5, 5.41) is 16.4. The normalized spacial score (nSPS) is 33.3. The Balaban J connectivity index is 1.32. The van der Waals surface area contributed by atoms with Gasteiger partial charge >= 0.3 is 10.3 Å². The lowest BCUT2D eigenvalue weighted by molar-refractivity contribution is -0.0630. The third kappa shape index (κ3) is 5.31. The van der Waals surface area contributed by atoms with Crippen molar-refractivity contribution in [3.8, 4) is 11.5 Å². The van der Waals surface area contributed by atoms with Crippen LogP contribution in [0.5, 0.6) is 11.5 Å². The summed E-state index contributed by atoms with van der Waals surface area (Å²) in [4.78, 5) is 2.36. The zero-order chi connectivity index (χ0) is 28.8. The molecule has 8 nitrogen and oxygen atoms in total. The maximum atomic E-state index is 11.6.